The lowest BCUT2D eigenvalue weighted by atomic mass is 10.1. The van der Waals surface area contributed by atoms with Crippen LogP contribution in [-0.4, -0.2) is 28.9 Å². The number of aromatic nitrogens is 3. The van der Waals surface area contributed by atoms with Crippen LogP contribution >= 0.6 is 22.9 Å². The van der Waals surface area contributed by atoms with Crippen LogP contribution < -0.4 is 10.5 Å². The van der Waals surface area contributed by atoms with Crippen LogP contribution in [-0.2, 0) is 10.0 Å². The van der Waals surface area contributed by atoms with Crippen molar-refractivity contribution in [3.63, 3.8) is 0 Å². The molecule has 0 radical (unpaired) electrons. The lowest BCUT2D eigenvalue weighted by Crippen LogP contribution is -2.13. The van der Waals surface area contributed by atoms with Crippen molar-refractivity contribution >= 4 is 43.9 Å². The minimum absolute atomic E-state index is 0.0579. The van der Waals surface area contributed by atoms with Gasteiger partial charge < -0.3 is 0 Å². The Morgan fingerprint density at radius 1 is 1.38 bits per heavy atom. The molecule has 0 aliphatic carbocycles. The number of sulfonamides is 1. The molecule has 1 amide bonds. The highest BCUT2D eigenvalue weighted by atomic mass is 32.2. The molecule has 0 saturated carbocycles. The van der Waals surface area contributed by atoms with Gasteiger partial charge in [0.05, 0.1) is 11.4 Å². The number of hydrogen-bond donors (Lipinski definition) is 2. The van der Waals surface area contributed by atoms with Crippen molar-refractivity contribution in [2.24, 2.45) is 5.14 Å². The summed E-state index contributed by atoms with van der Waals surface area (Å²) in [4.78, 5) is 16.6. The summed E-state index contributed by atoms with van der Waals surface area (Å²) in [6, 6.07) is 0. The SMILES string of the molecule is Cc1nc(NC(=O)c2snnc2C(C)C)sc1S(N)(=O)=O. The molecule has 2 aromatic heterocycles. The number of carbonyl (C=O) groups excluding carboxylic acids is 1. The van der Waals surface area contributed by atoms with E-state index in [0.717, 1.165) is 22.9 Å². The number of nitrogens with two attached hydrogens (primary N) is 1. The van der Waals surface area contributed by atoms with E-state index in [1.807, 2.05) is 13.8 Å². The van der Waals surface area contributed by atoms with Gasteiger partial charge in [0, 0.05) is 0 Å². The lowest BCUT2D eigenvalue weighted by molar-refractivity contribution is 0.102. The maximum absolute atomic E-state index is 12.2. The second-order valence-corrected chi connectivity index (χ2v) is 8.04. The zero-order valence-electron chi connectivity index (χ0n) is 11.4. The molecule has 2 heterocycles. The van der Waals surface area contributed by atoms with Gasteiger partial charge in [-0.3, -0.25) is 10.1 Å². The Labute approximate surface area is 129 Å². The topological polar surface area (TPSA) is 128 Å². The molecule has 21 heavy (non-hydrogen) atoms. The summed E-state index contributed by atoms with van der Waals surface area (Å²) in [5.74, 6) is -0.356. The third-order valence-corrected chi connectivity index (χ3v) is 5.87. The van der Waals surface area contributed by atoms with Crippen LogP contribution in [0.1, 0.15) is 40.8 Å². The third-order valence-electron chi connectivity index (χ3n) is 2.50. The van der Waals surface area contributed by atoms with Gasteiger partial charge in [0.25, 0.3) is 5.91 Å². The molecule has 8 nitrogen and oxygen atoms in total. The maximum Gasteiger partial charge on any atom is 0.271 e. The average Bonchev–Trinajstić information content (AvgIpc) is 2.94. The Morgan fingerprint density at radius 2 is 2.05 bits per heavy atom. The molecule has 0 aliphatic rings. The second-order valence-electron chi connectivity index (χ2n) is 4.53. The minimum atomic E-state index is -3.84. The largest absolute Gasteiger partial charge is 0.297 e. The van der Waals surface area contributed by atoms with E-state index >= 15 is 0 Å². The number of amides is 1. The van der Waals surface area contributed by atoms with Gasteiger partial charge in [0.15, 0.2) is 9.34 Å². The summed E-state index contributed by atoms with van der Waals surface area (Å²) in [7, 11) is -3.84. The average molecular weight is 347 g/mol. The van der Waals surface area contributed by atoms with Gasteiger partial charge in [-0.2, -0.15) is 0 Å². The second kappa shape index (κ2) is 5.75. The normalized spacial score (nSPS) is 11.9. The summed E-state index contributed by atoms with van der Waals surface area (Å²) in [6.45, 7) is 5.32. The Kier molecular flexibility index (Phi) is 4.37. The lowest BCUT2D eigenvalue weighted by Gasteiger charge is -2.03. The third kappa shape index (κ3) is 3.43. The van der Waals surface area contributed by atoms with Gasteiger partial charge in [-0.1, -0.05) is 29.7 Å². The molecule has 0 fully saturated rings. The number of anilines is 1. The molecular weight excluding hydrogens is 334 g/mol. The van der Waals surface area contributed by atoms with E-state index in [0.29, 0.717) is 10.6 Å². The first-order valence-corrected chi connectivity index (χ1v) is 8.97. The van der Waals surface area contributed by atoms with Crippen LogP contribution in [0.3, 0.4) is 0 Å². The number of thiazole rings is 1. The van der Waals surface area contributed by atoms with E-state index in [-0.39, 0.29) is 21.0 Å². The van der Waals surface area contributed by atoms with Crippen molar-refractivity contribution in [3.8, 4) is 0 Å². The van der Waals surface area contributed by atoms with E-state index in [2.05, 4.69) is 19.9 Å². The number of hydrogen-bond acceptors (Lipinski definition) is 8. The summed E-state index contributed by atoms with van der Waals surface area (Å²) in [5, 5.41) is 11.7. The predicted molar refractivity (Wildman–Crippen MR) is 80.2 cm³/mol. The van der Waals surface area contributed by atoms with E-state index < -0.39 is 15.9 Å². The standard InChI is InChI=1S/C10H13N5O3S3/c1-4(2)6-7(20-15-14-6)8(16)13-10-12-5(3)9(19-10)21(11,17)18/h4H,1-3H3,(H2,11,17,18)(H,12,13,16). The van der Waals surface area contributed by atoms with Crippen LogP contribution in [0, 0.1) is 6.92 Å². The van der Waals surface area contributed by atoms with Crippen LogP contribution in [0.15, 0.2) is 4.21 Å². The molecule has 0 aliphatic heterocycles. The van der Waals surface area contributed by atoms with Crippen molar-refractivity contribution in [1.29, 1.82) is 0 Å². The molecule has 11 heteroatoms. The van der Waals surface area contributed by atoms with Gasteiger partial charge in [0.2, 0.25) is 10.0 Å². The molecule has 3 N–H and O–H groups in total. The van der Waals surface area contributed by atoms with Gasteiger partial charge >= 0.3 is 0 Å². The summed E-state index contributed by atoms with van der Waals surface area (Å²) in [6.07, 6.45) is 0. The molecule has 0 saturated heterocycles. The molecule has 2 rings (SSSR count). The van der Waals surface area contributed by atoms with Crippen LogP contribution in [0.25, 0.3) is 0 Å². The Bertz CT molecular complexity index is 778. The molecule has 0 spiro atoms. The van der Waals surface area contributed by atoms with Crippen LogP contribution in [0.4, 0.5) is 5.13 Å². The summed E-state index contributed by atoms with van der Waals surface area (Å²) >= 11 is 1.80. The van der Waals surface area contributed by atoms with Crippen molar-refractivity contribution in [3.05, 3.63) is 16.3 Å². The molecule has 0 atom stereocenters. The molecule has 114 valence electrons. The minimum Gasteiger partial charge on any atom is -0.297 e. The fourth-order valence-corrected chi connectivity index (χ4v) is 4.16. The number of carbonyl (C=O) groups is 1. The maximum atomic E-state index is 12.2. The first-order valence-electron chi connectivity index (χ1n) is 5.84. The molecular formula is C10H13N5O3S3. The number of nitrogens with one attached hydrogen (secondary N) is 1. The van der Waals surface area contributed by atoms with E-state index in [1.165, 1.54) is 6.92 Å². The molecule has 0 bridgehead atoms. The van der Waals surface area contributed by atoms with Gasteiger partial charge in [-0.15, -0.1) is 5.10 Å². The molecule has 0 aromatic carbocycles. The van der Waals surface area contributed by atoms with E-state index in [4.69, 9.17) is 5.14 Å². The summed E-state index contributed by atoms with van der Waals surface area (Å²) in [5.41, 5.74) is 0.849. The van der Waals surface area contributed by atoms with Crippen LogP contribution in [0.5, 0.6) is 0 Å². The zero-order chi connectivity index (χ0) is 15.8. The highest BCUT2D eigenvalue weighted by Crippen LogP contribution is 2.27. The Hall–Kier alpha value is -1.43. The summed E-state index contributed by atoms with van der Waals surface area (Å²) < 4.78 is 26.4. The first-order chi connectivity index (χ1) is 9.70. The van der Waals surface area contributed by atoms with Crippen molar-refractivity contribution in [1.82, 2.24) is 14.6 Å². The highest BCUT2D eigenvalue weighted by molar-refractivity contribution is 7.91. The predicted octanol–water partition coefficient (Wildman–Crippen LogP) is 1.33. The Morgan fingerprint density at radius 3 is 2.57 bits per heavy atom. The van der Waals surface area contributed by atoms with Gasteiger partial charge in [-0.05, 0) is 24.4 Å². The highest BCUT2D eigenvalue weighted by Gasteiger charge is 2.22. The molecule has 0 unspecified atom stereocenters. The van der Waals surface area contributed by atoms with Crippen LogP contribution in [0.2, 0.25) is 0 Å². The van der Waals surface area contributed by atoms with Crippen molar-refractivity contribution in [2.75, 3.05) is 5.32 Å². The number of nitrogens with zero attached hydrogens (tertiary/aromatic N) is 3. The number of aryl methyl sites for hydroxylation is 1. The Balaban J connectivity index is 2.27. The van der Waals surface area contributed by atoms with Crippen molar-refractivity contribution in [2.45, 2.75) is 30.9 Å². The van der Waals surface area contributed by atoms with E-state index in [9.17, 15) is 13.2 Å². The fraction of sp³-hybridized carbons (Fsp3) is 0.400. The van der Waals surface area contributed by atoms with E-state index in [1.54, 1.807) is 0 Å². The quantitative estimate of drug-likeness (QED) is 0.858. The molecule has 2 aromatic rings. The number of rotatable bonds is 4. The van der Waals surface area contributed by atoms with Crippen molar-refractivity contribution < 1.29 is 13.2 Å². The first kappa shape index (κ1) is 15.9. The smallest absolute Gasteiger partial charge is 0.271 e. The monoisotopic (exact) mass is 347 g/mol. The fourth-order valence-electron chi connectivity index (χ4n) is 1.59. The zero-order valence-corrected chi connectivity index (χ0v) is 13.9. The van der Waals surface area contributed by atoms with Gasteiger partial charge in [0.1, 0.15) is 4.88 Å². The van der Waals surface area contributed by atoms with Gasteiger partial charge in [-0.25, -0.2) is 18.5 Å². The number of primary sulfonamides is 1.